The van der Waals surface area contributed by atoms with Crippen molar-refractivity contribution in [2.45, 2.75) is 24.8 Å². The van der Waals surface area contributed by atoms with Crippen LogP contribution in [0.5, 0.6) is 0 Å². The van der Waals surface area contributed by atoms with Gasteiger partial charge in [0.2, 0.25) is 0 Å². The highest BCUT2D eigenvalue weighted by Crippen LogP contribution is 2.39. The molecule has 0 saturated heterocycles. The number of aromatic nitrogens is 4. The fourth-order valence-corrected chi connectivity index (χ4v) is 5.00. The third-order valence-electron chi connectivity index (χ3n) is 7.24. The highest BCUT2D eigenvalue weighted by molar-refractivity contribution is 5.93. The molecule has 2 aromatic carbocycles. The second-order valence-electron chi connectivity index (χ2n) is 9.31. The first kappa shape index (κ1) is 19.4. The molecule has 0 unspecified atom stereocenters. The Labute approximate surface area is 197 Å². The van der Waals surface area contributed by atoms with E-state index in [0.29, 0.717) is 0 Å². The molecule has 5 heteroatoms. The van der Waals surface area contributed by atoms with E-state index in [0.717, 1.165) is 57.6 Å². The molecule has 2 aliphatic rings. The zero-order valence-corrected chi connectivity index (χ0v) is 18.7. The number of benzene rings is 2. The van der Waals surface area contributed by atoms with E-state index in [4.69, 9.17) is 15.8 Å². The Bertz CT molecular complexity index is 1620. The summed E-state index contributed by atoms with van der Waals surface area (Å²) in [5, 5.41) is 6.12. The monoisotopic (exact) mass is 442 g/mol. The van der Waals surface area contributed by atoms with Gasteiger partial charge in [0.15, 0.2) is 0 Å². The molecule has 0 bridgehead atoms. The molecule has 1 fully saturated rings. The van der Waals surface area contributed by atoms with Crippen molar-refractivity contribution in [3.8, 4) is 16.8 Å². The minimum Gasteiger partial charge on any atom is -0.321 e. The van der Waals surface area contributed by atoms with Crippen LogP contribution < -0.4 is 10.1 Å². The summed E-state index contributed by atoms with van der Waals surface area (Å²) in [5.74, 6) is 0.919. The number of nitrogens with zero attached hydrogens (tertiary/aromatic N) is 4. The molecule has 1 saturated carbocycles. The fourth-order valence-electron chi connectivity index (χ4n) is 5.00. The van der Waals surface area contributed by atoms with Crippen LogP contribution in [0.4, 0.5) is 0 Å². The predicted molar refractivity (Wildman–Crippen MR) is 134 cm³/mol. The van der Waals surface area contributed by atoms with E-state index in [9.17, 15) is 0 Å². The van der Waals surface area contributed by atoms with E-state index < -0.39 is 0 Å². The lowest BCUT2D eigenvalue weighted by Crippen LogP contribution is -2.43. The summed E-state index contributed by atoms with van der Waals surface area (Å²) < 4.78 is 4.20. The standard InChI is InChI=1S/C29H24N5/c30-29(15-5-16-29)23-10-12-24(13-11-23)34-28-25-18-22(20-6-2-1-3-7-20)19-31-26(25)14-17-33(28)27(32-34)21-8-4-9-21/h1-4,6-14,17-19H,5,15-16,30H2/q+1. The summed E-state index contributed by atoms with van der Waals surface area (Å²) in [6, 6.07) is 23.3. The number of nitrogens with two attached hydrogens (primary N) is 1. The number of allylic oxidation sites excluding steroid dienone is 4. The number of pyridine rings is 2. The topological polar surface area (TPSA) is 60.8 Å². The van der Waals surface area contributed by atoms with Gasteiger partial charge in [0.05, 0.1) is 27.8 Å². The highest BCUT2D eigenvalue weighted by atomic mass is 15.4. The Morgan fingerprint density at radius 1 is 0.941 bits per heavy atom. The number of rotatable bonds is 4. The van der Waals surface area contributed by atoms with E-state index in [1.165, 1.54) is 12.0 Å². The van der Waals surface area contributed by atoms with Crippen LogP contribution in [-0.2, 0) is 5.54 Å². The Hall–Kier alpha value is -4.09. The van der Waals surface area contributed by atoms with Crippen LogP contribution in [0.2, 0.25) is 0 Å². The van der Waals surface area contributed by atoms with Crippen molar-refractivity contribution < 1.29 is 4.40 Å². The summed E-state index contributed by atoms with van der Waals surface area (Å²) in [6.45, 7) is 0. The van der Waals surface area contributed by atoms with Crippen molar-refractivity contribution in [2.24, 2.45) is 5.73 Å². The van der Waals surface area contributed by atoms with Gasteiger partial charge in [-0.25, -0.2) is 0 Å². The van der Waals surface area contributed by atoms with Gasteiger partial charge in [-0.2, -0.15) is 4.40 Å². The van der Waals surface area contributed by atoms with Crippen LogP contribution >= 0.6 is 0 Å². The zero-order valence-electron chi connectivity index (χ0n) is 18.7. The van der Waals surface area contributed by atoms with E-state index in [1.54, 1.807) is 0 Å². The second-order valence-corrected chi connectivity index (χ2v) is 9.31. The van der Waals surface area contributed by atoms with Gasteiger partial charge >= 0.3 is 5.82 Å². The minimum absolute atomic E-state index is 0.173. The van der Waals surface area contributed by atoms with Gasteiger partial charge in [-0.3, -0.25) is 4.98 Å². The van der Waals surface area contributed by atoms with Crippen LogP contribution in [0.3, 0.4) is 0 Å². The predicted octanol–water partition coefficient (Wildman–Crippen LogP) is 5.12. The minimum atomic E-state index is -0.173. The van der Waals surface area contributed by atoms with Crippen molar-refractivity contribution in [3.05, 3.63) is 109 Å². The van der Waals surface area contributed by atoms with Gasteiger partial charge in [-0.05, 0) is 66.8 Å². The molecule has 7 rings (SSSR count). The Morgan fingerprint density at radius 2 is 1.74 bits per heavy atom. The van der Waals surface area contributed by atoms with Gasteiger partial charge in [0, 0.05) is 17.3 Å². The summed E-state index contributed by atoms with van der Waals surface area (Å²) in [7, 11) is 0. The number of hydrogen-bond acceptors (Lipinski definition) is 3. The van der Waals surface area contributed by atoms with E-state index in [-0.39, 0.29) is 5.54 Å². The average molecular weight is 443 g/mol. The van der Waals surface area contributed by atoms with Crippen LogP contribution in [0, 0.1) is 0 Å². The molecule has 5 nitrogen and oxygen atoms in total. The Balaban J connectivity index is 1.46. The molecule has 164 valence electrons. The van der Waals surface area contributed by atoms with Crippen LogP contribution in [0.1, 0.15) is 30.7 Å². The first-order valence-electron chi connectivity index (χ1n) is 11.8. The molecule has 2 aliphatic carbocycles. The van der Waals surface area contributed by atoms with Gasteiger partial charge in [-0.15, -0.1) is 0 Å². The van der Waals surface area contributed by atoms with E-state index >= 15 is 0 Å². The molecule has 0 spiro atoms. The van der Waals surface area contributed by atoms with Crippen LogP contribution in [-0.4, -0.2) is 14.8 Å². The van der Waals surface area contributed by atoms with Crippen LogP contribution in [0.15, 0.2) is 97.4 Å². The maximum atomic E-state index is 6.57. The van der Waals surface area contributed by atoms with Crippen molar-refractivity contribution in [1.82, 2.24) is 14.8 Å². The van der Waals surface area contributed by atoms with Crippen molar-refractivity contribution >= 4 is 22.1 Å². The lowest BCUT2D eigenvalue weighted by atomic mass is 9.73. The Kier molecular flexibility index (Phi) is 4.11. The molecular weight excluding hydrogens is 418 g/mol. The summed E-state index contributed by atoms with van der Waals surface area (Å²) in [6.07, 6.45) is 13.6. The van der Waals surface area contributed by atoms with E-state index in [1.807, 2.05) is 23.0 Å². The van der Waals surface area contributed by atoms with Gasteiger partial charge in [0.1, 0.15) is 5.69 Å². The smallest absolute Gasteiger partial charge is 0.314 e. The third-order valence-corrected chi connectivity index (χ3v) is 7.24. The molecular formula is C29H24N5+. The first-order chi connectivity index (χ1) is 16.7. The molecule has 3 aromatic heterocycles. The number of fused-ring (bicyclic) bond motifs is 3. The zero-order chi connectivity index (χ0) is 22.7. The van der Waals surface area contributed by atoms with Crippen molar-refractivity contribution in [1.29, 1.82) is 0 Å². The maximum Gasteiger partial charge on any atom is 0.314 e. The van der Waals surface area contributed by atoms with Gasteiger partial charge in [0.25, 0.3) is 5.65 Å². The lowest BCUT2D eigenvalue weighted by Gasteiger charge is -2.38. The molecule has 2 N–H and O–H groups in total. The van der Waals surface area contributed by atoms with E-state index in [2.05, 4.69) is 83.4 Å². The molecule has 34 heavy (non-hydrogen) atoms. The molecule has 0 amide bonds. The van der Waals surface area contributed by atoms with Crippen molar-refractivity contribution in [2.75, 3.05) is 0 Å². The maximum absolute atomic E-state index is 6.57. The first-order valence-corrected chi connectivity index (χ1v) is 11.8. The summed E-state index contributed by atoms with van der Waals surface area (Å²) in [5.41, 5.74) is 13.9. The summed E-state index contributed by atoms with van der Waals surface area (Å²) in [4.78, 5) is 4.80. The second kappa shape index (κ2) is 7.20. The van der Waals surface area contributed by atoms with Crippen molar-refractivity contribution in [3.63, 3.8) is 0 Å². The molecule has 3 heterocycles. The van der Waals surface area contributed by atoms with Gasteiger partial charge in [-0.1, -0.05) is 53.2 Å². The average Bonchev–Trinajstić information content (AvgIpc) is 3.21. The third kappa shape index (κ3) is 2.87. The summed E-state index contributed by atoms with van der Waals surface area (Å²) >= 11 is 0. The lowest BCUT2D eigenvalue weighted by molar-refractivity contribution is -0.514. The Morgan fingerprint density at radius 3 is 2.41 bits per heavy atom. The quantitative estimate of drug-likeness (QED) is 0.393. The molecule has 0 aliphatic heterocycles. The molecule has 0 atom stereocenters. The number of hydrogen-bond donors (Lipinski definition) is 1. The highest BCUT2D eigenvalue weighted by Gasteiger charge is 2.34. The van der Waals surface area contributed by atoms with Crippen LogP contribution in [0.25, 0.3) is 38.9 Å². The molecule has 0 radical (unpaired) electrons. The normalized spacial score (nSPS) is 16.3. The largest absolute Gasteiger partial charge is 0.321 e. The van der Waals surface area contributed by atoms with Gasteiger partial charge < -0.3 is 5.73 Å². The fraction of sp³-hybridized carbons (Fsp3) is 0.138. The molecule has 5 aromatic rings. The SMILES string of the molecule is NC1(c2ccc(-n3nc(C4=CC=C4)[n+]4ccc5ncc(-c6ccccc6)cc5c34)cc2)CCC1.